The summed E-state index contributed by atoms with van der Waals surface area (Å²) in [5, 5.41) is 8.78. The number of fused-ring (bicyclic) bond motifs is 1. The molecule has 2 aromatic rings. The summed E-state index contributed by atoms with van der Waals surface area (Å²) in [7, 11) is 0. The number of aliphatic carboxylic acids is 1. The molecule has 0 atom stereocenters. The molecule has 0 aliphatic rings. The fourth-order valence-electron chi connectivity index (χ4n) is 1.81. The Morgan fingerprint density at radius 1 is 1.39 bits per heavy atom. The first kappa shape index (κ1) is 12.5. The third-order valence-corrected chi connectivity index (χ3v) is 2.78. The summed E-state index contributed by atoms with van der Waals surface area (Å²) in [5.41, 5.74) is 2.22. The van der Waals surface area contributed by atoms with Crippen LogP contribution in [-0.4, -0.2) is 25.4 Å². The van der Waals surface area contributed by atoms with E-state index in [9.17, 15) is 4.79 Å². The lowest BCUT2D eigenvalue weighted by molar-refractivity contribution is -0.136. The van der Waals surface area contributed by atoms with E-state index in [1.54, 1.807) is 6.20 Å². The Hall–Kier alpha value is -1.91. The van der Waals surface area contributed by atoms with Crippen molar-refractivity contribution >= 4 is 11.6 Å². The Bertz CT molecular complexity index is 608. The van der Waals surface area contributed by atoms with Crippen molar-refractivity contribution in [3.8, 4) is 0 Å². The van der Waals surface area contributed by atoms with Crippen LogP contribution >= 0.6 is 0 Å². The van der Waals surface area contributed by atoms with Gasteiger partial charge in [-0.25, -0.2) is 9.97 Å². The third-order valence-electron chi connectivity index (χ3n) is 2.78. The molecule has 0 aliphatic heterocycles. The number of carbonyl (C=O) groups is 1. The summed E-state index contributed by atoms with van der Waals surface area (Å²) in [6.07, 6.45) is 1.67. The van der Waals surface area contributed by atoms with E-state index in [0.29, 0.717) is 5.69 Å². The van der Waals surface area contributed by atoms with Crippen molar-refractivity contribution in [3.05, 3.63) is 29.5 Å². The van der Waals surface area contributed by atoms with Crippen LogP contribution in [0.25, 0.3) is 5.65 Å². The number of hydrogen-bond acceptors (Lipinski definition) is 3. The average Bonchev–Trinajstić information content (AvgIpc) is 2.58. The van der Waals surface area contributed by atoms with E-state index in [1.165, 1.54) is 0 Å². The lowest BCUT2D eigenvalue weighted by Gasteiger charge is -2.18. The zero-order valence-electron chi connectivity index (χ0n) is 11.1. The molecule has 96 valence electrons. The van der Waals surface area contributed by atoms with Gasteiger partial charge in [0, 0.05) is 17.7 Å². The topological polar surface area (TPSA) is 67.5 Å². The molecule has 2 aromatic heterocycles. The van der Waals surface area contributed by atoms with E-state index < -0.39 is 5.97 Å². The van der Waals surface area contributed by atoms with Gasteiger partial charge in [-0.15, -0.1) is 0 Å². The van der Waals surface area contributed by atoms with Gasteiger partial charge in [0.05, 0.1) is 17.8 Å². The summed E-state index contributed by atoms with van der Waals surface area (Å²) in [6.45, 7) is 8.17. The molecule has 0 spiro atoms. The number of nitrogens with zero attached hydrogens (tertiary/aromatic N) is 3. The van der Waals surface area contributed by atoms with E-state index in [4.69, 9.17) is 5.11 Å². The van der Waals surface area contributed by atoms with E-state index in [1.807, 2.05) is 17.4 Å². The molecule has 5 nitrogen and oxygen atoms in total. The van der Waals surface area contributed by atoms with Crippen molar-refractivity contribution in [1.29, 1.82) is 0 Å². The summed E-state index contributed by atoms with van der Waals surface area (Å²) in [4.78, 5) is 19.6. The van der Waals surface area contributed by atoms with Gasteiger partial charge in [0.15, 0.2) is 0 Å². The van der Waals surface area contributed by atoms with Crippen molar-refractivity contribution in [1.82, 2.24) is 14.4 Å². The molecule has 2 rings (SSSR count). The van der Waals surface area contributed by atoms with Crippen LogP contribution in [0.5, 0.6) is 0 Å². The molecule has 0 radical (unpaired) electrons. The van der Waals surface area contributed by atoms with Gasteiger partial charge >= 0.3 is 5.97 Å². The van der Waals surface area contributed by atoms with Crippen molar-refractivity contribution in [2.24, 2.45) is 0 Å². The molecule has 0 amide bonds. The normalized spacial score (nSPS) is 12.0. The molecule has 2 heterocycles. The van der Waals surface area contributed by atoms with Crippen LogP contribution < -0.4 is 0 Å². The second-order valence-electron chi connectivity index (χ2n) is 5.47. The molecule has 0 aliphatic carbocycles. The van der Waals surface area contributed by atoms with Crippen LogP contribution in [0.3, 0.4) is 0 Å². The Labute approximate surface area is 105 Å². The Kier molecular flexibility index (Phi) is 2.84. The third kappa shape index (κ3) is 2.34. The van der Waals surface area contributed by atoms with Crippen LogP contribution in [0.2, 0.25) is 0 Å². The second-order valence-corrected chi connectivity index (χ2v) is 5.47. The Morgan fingerprint density at radius 2 is 2.06 bits per heavy atom. The standard InChI is InChI=1S/C13H17N3O2/c1-8-14-10(13(2,3)4)6-11-15-9(5-12(17)18)7-16(8)11/h6-7H,5H2,1-4H3,(H,17,18). The second kappa shape index (κ2) is 4.08. The first-order chi connectivity index (χ1) is 8.27. The van der Waals surface area contributed by atoms with Gasteiger partial charge in [-0.05, 0) is 6.92 Å². The van der Waals surface area contributed by atoms with Crippen molar-refractivity contribution in [2.75, 3.05) is 0 Å². The number of rotatable bonds is 2. The molecular formula is C13H17N3O2. The van der Waals surface area contributed by atoms with E-state index in [0.717, 1.165) is 17.2 Å². The fraction of sp³-hybridized carbons (Fsp3) is 0.462. The molecule has 1 N–H and O–H groups in total. The van der Waals surface area contributed by atoms with Gasteiger partial charge in [-0.1, -0.05) is 20.8 Å². The van der Waals surface area contributed by atoms with E-state index >= 15 is 0 Å². The molecule has 0 unspecified atom stereocenters. The van der Waals surface area contributed by atoms with Gasteiger partial charge in [0.1, 0.15) is 11.5 Å². The number of imidazole rings is 1. The number of carboxylic acids is 1. The highest BCUT2D eigenvalue weighted by Gasteiger charge is 2.18. The van der Waals surface area contributed by atoms with Gasteiger partial charge in [0.25, 0.3) is 0 Å². The highest BCUT2D eigenvalue weighted by molar-refractivity contribution is 5.69. The largest absolute Gasteiger partial charge is 0.481 e. The molecular weight excluding hydrogens is 230 g/mol. The molecule has 0 saturated carbocycles. The summed E-state index contributed by atoms with van der Waals surface area (Å²) < 4.78 is 1.83. The highest BCUT2D eigenvalue weighted by atomic mass is 16.4. The summed E-state index contributed by atoms with van der Waals surface area (Å²) >= 11 is 0. The Balaban J connectivity index is 2.56. The average molecular weight is 247 g/mol. The quantitative estimate of drug-likeness (QED) is 0.880. The molecule has 0 bridgehead atoms. The smallest absolute Gasteiger partial charge is 0.309 e. The molecule has 18 heavy (non-hydrogen) atoms. The van der Waals surface area contributed by atoms with Crippen molar-refractivity contribution in [2.45, 2.75) is 39.5 Å². The number of carboxylic acid groups (broad SMARTS) is 1. The number of aryl methyl sites for hydroxylation is 1. The maximum absolute atomic E-state index is 10.7. The highest BCUT2D eigenvalue weighted by Crippen LogP contribution is 2.22. The predicted octanol–water partition coefficient (Wildman–Crippen LogP) is 1.96. The van der Waals surface area contributed by atoms with Crippen molar-refractivity contribution < 1.29 is 9.90 Å². The molecule has 5 heteroatoms. The Morgan fingerprint density at radius 3 is 2.61 bits per heavy atom. The predicted molar refractivity (Wildman–Crippen MR) is 67.8 cm³/mol. The van der Waals surface area contributed by atoms with Gasteiger partial charge in [0.2, 0.25) is 0 Å². The van der Waals surface area contributed by atoms with Crippen LogP contribution in [0.1, 0.15) is 38.0 Å². The van der Waals surface area contributed by atoms with Crippen molar-refractivity contribution in [3.63, 3.8) is 0 Å². The lowest BCUT2D eigenvalue weighted by atomic mass is 9.92. The zero-order chi connectivity index (χ0) is 13.5. The van der Waals surface area contributed by atoms with E-state index in [2.05, 4.69) is 30.7 Å². The number of hydrogen-bond donors (Lipinski definition) is 1. The van der Waals surface area contributed by atoms with Crippen LogP contribution in [0.15, 0.2) is 12.3 Å². The van der Waals surface area contributed by atoms with Crippen LogP contribution in [0, 0.1) is 6.92 Å². The minimum atomic E-state index is -0.875. The fourth-order valence-corrected chi connectivity index (χ4v) is 1.81. The maximum Gasteiger partial charge on any atom is 0.309 e. The molecule has 0 saturated heterocycles. The first-order valence-corrected chi connectivity index (χ1v) is 5.85. The lowest BCUT2D eigenvalue weighted by Crippen LogP contribution is -2.15. The summed E-state index contributed by atoms with van der Waals surface area (Å²) in [5.74, 6) is -0.0540. The van der Waals surface area contributed by atoms with Gasteiger partial charge in [-0.2, -0.15) is 0 Å². The van der Waals surface area contributed by atoms with Crippen LogP contribution in [-0.2, 0) is 16.6 Å². The molecule has 0 fully saturated rings. The molecule has 0 aromatic carbocycles. The van der Waals surface area contributed by atoms with Gasteiger partial charge in [-0.3, -0.25) is 9.20 Å². The van der Waals surface area contributed by atoms with Crippen LogP contribution in [0.4, 0.5) is 0 Å². The first-order valence-electron chi connectivity index (χ1n) is 5.85. The monoisotopic (exact) mass is 247 g/mol. The van der Waals surface area contributed by atoms with Gasteiger partial charge < -0.3 is 5.11 Å². The zero-order valence-corrected chi connectivity index (χ0v) is 11.1. The van der Waals surface area contributed by atoms with E-state index in [-0.39, 0.29) is 11.8 Å². The minimum absolute atomic E-state index is 0.0502. The SMILES string of the molecule is Cc1nc(C(C)(C)C)cc2nc(CC(=O)O)cn12. The minimum Gasteiger partial charge on any atom is -0.481 e. The summed E-state index contributed by atoms with van der Waals surface area (Å²) in [6, 6.07) is 1.92. The maximum atomic E-state index is 10.7. The number of aromatic nitrogens is 3.